The van der Waals surface area contributed by atoms with E-state index in [2.05, 4.69) is 36.6 Å². The van der Waals surface area contributed by atoms with Gasteiger partial charge in [-0.05, 0) is 28.8 Å². The van der Waals surface area contributed by atoms with Gasteiger partial charge in [0.1, 0.15) is 0 Å². The van der Waals surface area contributed by atoms with Gasteiger partial charge in [0, 0.05) is 10.7 Å². The van der Waals surface area contributed by atoms with E-state index in [0.717, 1.165) is 6.42 Å². The molecule has 0 saturated heterocycles. The third-order valence-electron chi connectivity index (χ3n) is 2.35. The summed E-state index contributed by atoms with van der Waals surface area (Å²) in [6.45, 7) is 2.12. The van der Waals surface area contributed by atoms with Crippen molar-refractivity contribution in [3.63, 3.8) is 0 Å². The minimum absolute atomic E-state index is 0.191. The molecule has 13 heavy (non-hydrogen) atoms. The van der Waals surface area contributed by atoms with Crippen molar-refractivity contribution in [3.05, 3.63) is 35.2 Å². The van der Waals surface area contributed by atoms with Crippen LogP contribution in [0.2, 0.25) is 0 Å². The van der Waals surface area contributed by atoms with Gasteiger partial charge in [-0.1, -0.05) is 25.1 Å². The molecule has 1 aromatic carbocycles. The minimum Gasteiger partial charge on any atom is -0.324 e. The third kappa shape index (κ3) is 1.47. The lowest BCUT2D eigenvalue weighted by Gasteiger charge is -2.06. The van der Waals surface area contributed by atoms with Crippen molar-refractivity contribution in [3.8, 4) is 0 Å². The molecule has 2 aromatic rings. The monoisotopic (exact) mass is 191 g/mol. The van der Waals surface area contributed by atoms with E-state index in [1.54, 1.807) is 11.3 Å². The van der Waals surface area contributed by atoms with Crippen LogP contribution in [0, 0.1) is 0 Å². The SMILES string of the molecule is CC[C@H](N)c1csc2ccccc12. The number of benzene rings is 1. The molecule has 0 aliphatic carbocycles. The Kier molecular flexibility index (Phi) is 2.34. The van der Waals surface area contributed by atoms with Gasteiger partial charge in [0.15, 0.2) is 0 Å². The summed E-state index contributed by atoms with van der Waals surface area (Å²) >= 11 is 1.78. The van der Waals surface area contributed by atoms with Gasteiger partial charge in [-0.25, -0.2) is 0 Å². The van der Waals surface area contributed by atoms with Crippen molar-refractivity contribution in [1.29, 1.82) is 0 Å². The van der Waals surface area contributed by atoms with Crippen molar-refractivity contribution >= 4 is 21.4 Å². The van der Waals surface area contributed by atoms with Gasteiger partial charge in [-0.2, -0.15) is 0 Å². The molecule has 0 unspecified atom stereocenters. The van der Waals surface area contributed by atoms with Crippen LogP contribution in [0.3, 0.4) is 0 Å². The average Bonchev–Trinajstić information content (AvgIpc) is 2.60. The fourth-order valence-corrected chi connectivity index (χ4v) is 2.53. The van der Waals surface area contributed by atoms with E-state index in [1.165, 1.54) is 15.6 Å². The smallest absolute Gasteiger partial charge is 0.0346 e. The highest BCUT2D eigenvalue weighted by molar-refractivity contribution is 7.17. The second-order valence-corrected chi connectivity index (χ2v) is 4.11. The Labute approximate surface area is 82.2 Å². The molecule has 68 valence electrons. The van der Waals surface area contributed by atoms with Gasteiger partial charge in [0.25, 0.3) is 0 Å². The fourth-order valence-electron chi connectivity index (χ4n) is 1.51. The quantitative estimate of drug-likeness (QED) is 0.774. The molecule has 1 heterocycles. The van der Waals surface area contributed by atoms with Gasteiger partial charge >= 0.3 is 0 Å². The lowest BCUT2D eigenvalue weighted by molar-refractivity contribution is 0.706. The molecule has 0 aliphatic heterocycles. The lowest BCUT2D eigenvalue weighted by Crippen LogP contribution is -2.07. The van der Waals surface area contributed by atoms with Crippen LogP contribution in [-0.2, 0) is 0 Å². The normalized spacial score (nSPS) is 13.4. The first kappa shape index (κ1) is 8.73. The Morgan fingerprint density at radius 3 is 2.92 bits per heavy atom. The van der Waals surface area contributed by atoms with Crippen molar-refractivity contribution in [1.82, 2.24) is 0 Å². The van der Waals surface area contributed by atoms with Crippen LogP contribution in [0.25, 0.3) is 10.1 Å². The molecule has 1 atom stereocenters. The Hall–Kier alpha value is -0.860. The highest BCUT2D eigenvalue weighted by Gasteiger charge is 2.08. The zero-order valence-corrected chi connectivity index (χ0v) is 8.47. The topological polar surface area (TPSA) is 26.0 Å². The molecule has 0 fully saturated rings. The van der Waals surface area contributed by atoms with Gasteiger partial charge in [-0.15, -0.1) is 11.3 Å². The lowest BCUT2D eigenvalue weighted by atomic mass is 10.1. The number of thiophene rings is 1. The molecular weight excluding hydrogens is 178 g/mol. The molecule has 0 aliphatic rings. The van der Waals surface area contributed by atoms with Crippen LogP contribution in [-0.4, -0.2) is 0 Å². The van der Waals surface area contributed by atoms with E-state index in [4.69, 9.17) is 5.73 Å². The van der Waals surface area contributed by atoms with Gasteiger partial charge in [0.2, 0.25) is 0 Å². The molecule has 1 aromatic heterocycles. The maximum Gasteiger partial charge on any atom is 0.0346 e. The van der Waals surface area contributed by atoms with Crippen LogP contribution in [0.1, 0.15) is 24.9 Å². The maximum atomic E-state index is 6.01. The van der Waals surface area contributed by atoms with E-state index in [1.807, 2.05) is 0 Å². The second-order valence-electron chi connectivity index (χ2n) is 3.20. The summed E-state index contributed by atoms with van der Waals surface area (Å²) in [6.07, 6.45) is 1.00. The molecule has 0 radical (unpaired) electrons. The molecular formula is C11H13NS. The highest BCUT2D eigenvalue weighted by atomic mass is 32.1. The summed E-state index contributed by atoms with van der Waals surface area (Å²) in [5, 5.41) is 3.50. The Morgan fingerprint density at radius 2 is 2.15 bits per heavy atom. The minimum atomic E-state index is 0.191. The molecule has 1 nitrogen and oxygen atoms in total. The van der Waals surface area contributed by atoms with E-state index < -0.39 is 0 Å². The zero-order chi connectivity index (χ0) is 9.26. The molecule has 2 N–H and O–H groups in total. The van der Waals surface area contributed by atoms with Crippen LogP contribution >= 0.6 is 11.3 Å². The van der Waals surface area contributed by atoms with E-state index in [-0.39, 0.29) is 6.04 Å². The predicted molar refractivity (Wildman–Crippen MR) is 59.0 cm³/mol. The number of fused-ring (bicyclic) bond motifs is 1. The zero-order valence-electron chi connectivity index (χ0n) is 7.66. The summed E-state index contributed by atoms with van der Waals surface area (Å²) in [7, 11) is 0. The van der Waals surface area contributed by atoms with Crippen LogP contribution in [0.5, 0.6) is 0 Å². The van der Waals surface area contributed by atoms with Crippen LogP contribution in [0.4, 0.5) is 0 Å². The first-order valence-electron chi connectivity index (χ1n) is 4.54. The predicted octanol–water partition coefficient (Wildman–Crippen LogP) is 3.31. The average molecular weight is 191 g/mol. The van der Waals surface area contributed by atoms with Crippen LogP contribution in [0.15, 0.2) is 29.6 Å². The number of rotatable bonds is 2. The van der Waals surface area contributed by atoms with E-state index >= 15 is 0 Å². The highest BCUT2D eigenvalue weighted by Crippen LogP contribution is 2.30. The Bertz CT molecular complexity index is 405. The molecule has 2 rings (SSSR count). The van der Waals surface area contributed by atoms with Crippen molar-refractivity contribution in [2.24, 2.45) is 5.73 Å². The molecule has 0 amide bonds. The third-order valence-corrected chi connectivity index (χ3v) is 3.33. The number of hydrogen-bond acceptors (Lipinski definition) is 2. The van der Waals surface area contributed by atoms with Crippen molar-refractivity contribution < 1.29 is 0 Å². The van der Waals surface area contributed by atoms with Crippen molar-refractivity contribution in [2.75, 3.05) is 0 Å². The summed E-state index contributed by atoms with van der Waals surface area (Å²) < 4.78 is 1.33. The van der Waals surface area contributed by atoms with Gasteiger partial charge in [0.05, 0.1) is 0 Å². The van der Waals surface area contributed by atoms with E-state index in [9.17, 15) is 0 Å². The molecule has 0 bridgehead atoms. The molecule has 0 saturated carbocycles. The summed E-state index contributed by atoms with van der Waals surface area (Å²) in [5.74, 6) is 0. The Morgan fingerprint density at radius 1 is 1.38 bits per heavy atom. The second kappa shape index (κ2) is 3.48. The summed E-state index contributed by atoms with van der Waals surface area (Å²) in [4.78, 5) is 0. The summed E-state index contributed by atoms with van der Waals surface area (Å²) in [6, 6.07) is 8.62. The number of hydrogen-bond donors (Lipinski definition) is 1. The Balaban J connectivity index is 2.57. The first-order valence-corrected chi connectivity index (χ1v) is 5.42. The van der Waals surface area contributed by atoms with Gasteiger partial charge in [-0.3, -0.25) is 0 Å². The van der Waals surface area contributed by atoms with Crippen LogP contribution < -0.4 is 5.73 Å². The number of nitrogens with two attached hydrogens (primary N) is 1. The largest absolute Gasteiger partial charge is 0.324 e. The van der Waals surface area contributed by atoms with E-state index in [0.29, 0.717) is 0 Å². The molecule has 0 spiro atoms. The fraction of sp³-hybridized carbons (Fsp3) is 0.273. The van der Waals surface area contributed by atoms with Gasteiger partial charge < -0.3 is 5.73 Å². The molecule has 2 heteroatoms. The maximum absolute atomic E-state index is 6.01. The first-order chi connectivity index (χ1) is 6.33. The standard InChI is InChI=1S/C11H13NS/c1-2-10(12)9-7-13-11-6-4-3-5-8(9)11/h3-7,10H,2,12H2,1H3/t10-/m0/s1. The summed E-state index contributed by atoms with van der Waals surface area (Å²) in [5.41, 5.74) is 7.31. The van der Waals surface area contributed by atoms with Crippen molar-refractivity contribution in [2.45, 2.75) is 19.4 Å².